The van der Waals surface area contributed by atoms with Gasteiger partial charge in [-0.25, -0.2) is 4.79 Å². The number of nitrogens with zero attached hydrogens (tertiary/aromatic N) is 1. The molecule has 2 N–H and O–H groups in total. The van der Waals surface area contributed by atoms with Crippen molar-refractivity contribution in [2.24, 2.45) is 11.7 Å². The summed E-state index contributed by atoms with van der Waals surface area (Å²) in [6.45, 7) is 10.8. The van der Waals surface area contributed by atoms with E-state index in [9.17, 15) is 4.79 Å². The van der Waals surface area contributed by atoms with Crippen molar-refractivity contribution in [2.75, 3.05) is 6.61 Å². The fourth-order valence-corrected chi connectivity index (χ4v) is 4.21. The van der Waals surface area contributed by atoms with Crippen LogP contribution >= 0.6 is 0 Å². The molecule has 146 valence electrons. The maximum Gasteiger partial charge on any atom is 0.410 e. The first-order chi connectivity index (χ1) is 11.7. The van der Waals surface area contributed by atoms with Crippen LogP contribution in [0.4, 0.5) is 4.79 Å². The molecular formula is C20H38N2O3. The molecule has 0 aromatic carbocycles. The molecule has 0 aromatic heterocycles. The first-order valence-electron chi connectivity index (χ1n) is 10.0. The Morgan fingerprint density at radius 1 is 1.08 bits per heavy atom. The highest BCUT2D eigenvalue weighted by Crippen LogP contribution is 2.29. The number of rotatable bonds is 4. The minimum absolute atomic E-state index is 0.149. The quantitative estimate of drug-likeness (QED) is 0.826. The van der Waals surface area contributed by atoms with Crippen LogP contribution in [0.15, 0.2) is 0 Å². The molecule has 1 heterocycles. The van der Waals surface area contributed by atoms with Gasteiger partial charge in [-0.1, -0.05) is 0 Å². The number of carbonyl (C=O) groups excluding carboxylic acids is 1. The van der Waals surface area contributed by atoms with Gasteiger partial charge in [0.2, 0.25) is 0 Å². The van der Waals surface area contributed by atoms with Gasteiger partial charge in [-0.3, -0.25) is 0 Å². The molecule has 2 aliphatic rings. The molecular weight excluding hydrogens is 316 g/mol. The molecule has 0 radical (unpaired) electrons. The van der Waals surface area contributed by atoms with Crippen LogP contribution in [0.25, 0.3) is 0 Å². The molecule has 1 aliphatic carbocycles. The Kier molecular flexibility index (Phi) is 7.15. The van der Waals surface area contributed by atoms with Crippen molar-refractivity contribution in [3.05, 3.63) is 0 Å². The van der Waals surface area contributed by atoms with Crippen molar-refractivity contribution in [2.45, 2.75) is 109 Å². The Balaban J connectivity index is 1.74. The second-order valence-electron chi connectivity index (χ2n) is 9.12. The van der Waals surface area contributed by atoms with Gasteiger partial charge in [0.05, 0.1) is 6.10 Å². The largest absolute Gasteiger partial charge is 0.444 e. The summed E-state index contributed by atoms with van der Waals surface area (Å²) >= 11 is 0. The number of likely N-dealkylation sites (tertiary alicyclic amines) is 1. The summed E-state index contributed by atoms with van der Waals surface area (Å²) < 4.78 is 11.7. The van der Waals surface area contributed by atoms with Crippen LogP contribution < -0.4 is 5.73 Å². The van der Waals surface area contributed by atoms with Crippen molar-refractivity contribution in [3.8, 4) is 0 Å². The predicted molar refractivity (Wildman–Crippen MR) is 101 cm³/mol. The molecule has 0 aromatic rings. The second kappa shape index (κ2) is 8.72. The van der Waals surface area contributed by atoms with Crippen molar-refractivity contribution < 1.29 is 14.3 Å². The fourth-order valence-electron chi connectivity index (χ4n) is 4.21. The van der Waals surface area contributed by atoms with Crippen molar-refractivity contribution in [3.63, 3.8) is 0 Å². The Labute approximate surface area is 153 Å². The van der Waals surface area contributed by atoms with E-state index in [1.54, 1.807) is 0 Å². The van der Waals surface area contributed by atoms with Crippen LogP contribution in [0.5, 0.6) is 0 Å². The SMILES string of the molecule is C[C@@H]1CC(OCCC2CCC(N)CC2)C[C@H](C)N1C(=O)OC(C)(C)C. The predicted octanol–water partition coefficient (Wildman–Crippen LogP) is 4.09. The van der Waals surface area contributed by atoms with Gasteiger partial charge in [-0.2, -0.15) is 0 Å². The van der Waals surface area contributed by atoms with E-state index in [2.05, 4.69) is 13.8 Å². The smallest absolute Gasteiger partial charge is 0.410 e. The Hall–Kier alpha value is -0.810. The molecule has 0 spiro atoms. The van der Waals surface area contributed by atoms with Crippen LogP contribution in [-0.2, 0) is 9.47 Å². The van der Waals surface area contributed by atoms with Crippen LogP contribution in [0, 0.1) is 5.92 Å². The van der Waals surface area contributed by atoms with Gasteiger partial charge in [-0.05, 0) is 85.5 Å². The van der Waals surface area contributed by atoms with E-state index in [0.29, 0.717) is 6.04 Å². The molecule has 1 unspecified atom stereocenters. The Bertz CT molecular complexity index is 415. The number of ether oxygens (including phenoxy) is 2. The molecule has 0 bridgehead atoms. The van der Waals surface area contributed by atoms with Crippen molar-refractivity contribution >= 4 is 6.09 Å². The summed E-state index contributed by atoms with van der Waals surface area (Å²) in [5, 5.41) is 0. The maximum absolute atomic E-state index is 12.4. The molecule has 1 amide bonds. The lowest BCUT2D eigenvalue weighted by Gasteiger charge is -2.42. The van der Waals surface area contributed by atoms with Crippen LogP contribution in [0.1, 0.15) is 79.6 Å². The van der Waals surface area contributed by atoms with Crippen LogP contribution in [0.3, 0.4) is 0 Å². The fraction of sp³-hybridized carbons (Fsp3) is 0.950. The normalized spacial score (nSPS) is 34.0. The Morgan fingerprint density at radius 2 is 1.64 bits per heavy atom. The third kappa shape index (κ3) is 6.45. The number of hydrogen-bond donors (Lipinski definition) is 1. The van der Waals surface area contributed by atoms with E-state index >= 15 is 0 Å². The summed E-state index contributed by atoms with van der Waals surface area (Å²) in [4.78, 5) is 14.3. The average molecular weight is 355 g/mol. The van der Waals surface area contributed by atoms with E-state index in [0.717, 1.165) is 44.6 Å². The third-order valence-electron chi connectivity index (χ3n) is 5.53. The molecule has 1 saturated heterocycles. The monoisotopic (exact) mass is 354 g/mol. The zero-order valence-corrected chi connectivity index (χ0v) is 16.8. The average Bonchev–Trinajstić information content (AvgIpc) is 2.46. The zero-order chi connectivity index (χ0) is 18.6. The molecule has 1 aliphatic heterocycles. The minimum atomic E-state index is -0.452. The van der Waals surface area contributed by atoms with Gasteiger partial charge in [0.1, 0.15) is 5.60 Å². The number of piperidine rings is 1. The topological polar surface area (TPSA) is 64.8 Å². The van der Waals surface area contributed by atoms with E-state index in [1.165, 1.54) is 12.8 Å². The highest BCUT2D eigenvalue weighted by Gasteiger charge is 2.36. The molecule has 25 heavy (non-hydrogen) atoms. The number of hydrogen-bond acceptors (Lipinski definition) is 4. The van der Waals surface area contributed by atoms with E-state index in [1.807, 2.05) is 25.7 Å². The minimum Gasteiger partial charge on any atom is -0.444 e. The lowest BCUT2D eigenvalue weighted by Crippen LogP contribution is -2.53. The van der Waals surface area contributed by atoms with Gasteiger partial charge in [0.15, 0.2) is 0 Å². The molecule has 5 nitrogen and oxygen atoms in total. The van der Waals surface area contributed by atoms with Crippen LogP contribution in [-0.4, -0.2) is 47.4 Å². The molecule has 5 heteroatoms. The van der Waals surface area contributed by atoms with Gasteiger partial charge < -0.3 is 20.1 Å². The van der Waals surface area contributed by atoms with Crippen LogP contribution in [0.2, 0.25) is 0 Å². The van der Waals surface area contributed by atoms with E-state index < -0.39 is 5.60 Å². The first kappa shape index (κ1) is 20.5. The lowest BCUT2D eigenvalue weighted by atomic mass is 9.85. The molecule has 3 atom stereocenters. The van der Waals surface area contributed by atoms with E-state index in [-0.39, 0.29) is 24.3 Å². The van der Waals surface area contributed by atoms with E-state index in [4.69, 9.17) is 15.2 Å². The first-order valence-corrected chi connectivity index (χ1v) is 10.0. The standard InChI is InChI=1S/C20H38N2O3/c1-14-12-18(24-11-10-16-6-8-17(21)9-7-16)13-15(2)22(14)19(23)25-20(3,4)5/h14-18H,6-13,21H2,1-5H3/t14-,15+,16?,17?,18?. The Morgan fingerprint density at radius 3 is 2.16 bits per heavy atom. The van der Waals surface area contributed by atoms with Crippen molar-refractivity contribution in [1.29, 1.82) is 0 Å². The zero-order valence-electron chi connectivity index (χ0n) is 16.8. The van der Waals surface area contributed by atoms with Gasteiger partial charge >= 0.3 is 6.09 Å². The summed E-state index contributed by atoms with van der Waals surface area (Å²) in [7, 11) is 0. The molecule has 1 saturated carbocycles. The number of amides is 1. The summed E-state index contributed by atoms with van der Waals surface area (Å²) in [6.07, 6.45) is 7.77. The maximum atomic E-state index is 12.4. The summed E-state index contributed by atoms with van der Waals surface area (Å²) in [5.41, 5.74) is 5.52. The second-order valence-corrected chi connectivity index (χ2v) is 9.12. The highest BCUT2D eigenvalue weighted by atomic mass is 16.6. The third-order valence-corrected chi connectivity index (χ3v) is 5.53. The molecule has 2 rings (SSSR count). The van der Waals surface area contributed by atoms with Gasteiger partial charge in [0.25, 0.3) is 0 Å². The number of carbonyl (C=O) groups is 1. The summed E-state index contributed by atoms with van der Waals surface area (Å²) in [5.74, 6) is 0.775. The lowest BCUT2D eigenvalue weighted by molar-refractivity contribution is -0.0483. The highest BCUT2D eigenvalue weighted by molar-refractivity contribution is 5.69. The van der Waals surface area contributed by atoms with Gasteiger partial charge in [-0.15, -0.1) is 0 Å². The molecule has 2 fully saturated rings. The van der Waals surface area contributed by atoms with Crippen molar-refractivity contribution in [1.82, 2.24) is 4.90 Å². The summed E-state index contributed by atoms with van der Waals surface area (Å²) in [6, 6.07) is 0.712. The van der Waals surface area contributed by atoms with Gasteiger partial charge in [0, 0.05) is 24.7 Å². The number of nitrogens with two attached hydrogens (primary N) is 1.